The zero-order valence-electron chi connectivity index (χ0n) is 17.9. The van der Waals surface area contributed by atoms with Gasteiger partial charge in [0.15, 0.2) is 4.80 Å². The summed E-state index contributed by atoms with van der Waals surface area (Å²) >= 11 is 1.20. The Balaban J connectivity index is 1.89. The van der Waals surface area contributed by atoms with E-state index in [0.29, 0.717) is 32.1 Å². The number of furan rings is 1. The Morgan fingerprint density at radius 1 is 1.27 bits per heavy atom. The minimum atomic E-state index is -0.774. The molecule has 0 amide bonds. The summed E-state index contributed by atoms with van der Waals surface area (Å²) in [6, 6.07) is 9.32. The number of aromatic nitrogens is 1. The largest absolute Gasteiger partial charge is 0.465 e. The maximum absolute atomic E-state index is 13.4. The molecule has 0 radical (unpaired) electrons. The van der Waals surface area contributed by atoms with Crippen molar-refractivity contribution in [2.45, 2.75) is 19.9 Å². The number of nitrogens with zero attached hydrogens (tertiary/aromatic N) is 2. The first-order valence-corrected chi connectivity index (χ1v) is 10.8. The van der Waals surface area contributed by atoms with Crippen LogP contribution in [0.25, 0.3) is 6.08 Å². The highest BCUT2D eigenvalue weighted by Crippen LogP contribution is 2.31. The molecule has 1 aromatic carbocycles. The normalized spacial score (nSPS) is 15.6. The van der Waals surface area contributed by atoms with E-state index in [1.165, 1.54) is 35.2 Å². The van der Waals surface area contributed by atoms with Gasteiger partial charge in [-0.15, -0.1) is 0 Å². The molecule has 0 aliphatic carbocycles. The summed E-state index contributed by atoms with van der Waals surface area (Å²) in [5.41, 5.74) is 1.01. The van der Waals surface area contributed by atoms with Crippen molar-refractivity contribution in [1.82, 2.24) is 4.57 Å². The zero-order chi connectivity index (χ0) is 23.5. The summed E-state index contributed by atoms with van der Waals surface area (Å²) < 4.78 is 17.6. The lowest BCUT2D eigenvalue weighted by Crippen LogP contribution is -2.39. The fraction of sp³-hybridized carbons (Fsp3) is 0.167. The third-order valence-electron chi connectivity index (χ3n) is 4.85. The zero-order valence-corrected chi connectivity index (χ0v) is 18.8. The second kappa shape index (κ2) is 9.25. The molecule has 0 saturated heterocycles. The molecule has 33 heavy (non-hydrogen) atoms. The van der Waals surface area contributed by atoms with E-state index < -0.39 is 18.0 Å². The van der Waals surface area contributed by atoms with E-state index in [2.05, 4.69) is 11.6 Å². The number of ether oxygens (including phenoxy) is 2. The van der Waals surface area contributed by atoms with Gasteiger partial charge < -0.3 is 13.9 Å². The Bertz CT molecular complexity index is 1430. The standard InChI is InChI=1S/C24H20N2O6S/c1-4-11-31-23(29)20-14(2)25-24-26(22(28)19(33-24)13-18-6-5-12-30-18)21(20)16-7-9-17(10-8-16)32-15(3)27/h4-10,12-13,21H,1,11H2,2-3H3/b19-13-/t21-/m0/s1. The van der Waals surface area contributed by atoms with E-state index in [0.717, 1.165) is 0 Å². The van der Waals surface area contributed by atoms with Crippen LogP contribution in [0.2, 0.25) is 0 Å². The predicted molar refractivity (Wildman–Crippen MR) is 121 cm³/mol. The average molecular weight is 464 g/mol. The van der Waals surface area contributed by atoms with Crippen molar-refractivity contribution in [3.63, 3.8) is 0 Å². The summed E-state index contributed by atoms with van der Waals surface area (Å²) in [6.07, 6.45) is 4.63. The number of benzene rings is 1. The van der Waals surface area contributed by atoms with Gasteiger partial charge in [0.25, 0.3) is 5.56 Å². The van der Waals surface area contributed by atoms with Crippen LogP contribution in [-0.2, 0) is 14.3 Å². The molecule has 0 spiro atoms. The van der Waals surface area contributed by atoms with E-state index in [1.807, 2.05) is 0 Å². The van der Waals surface area contributed by atoms with E-state index in [1.54, 1.807) is 49.4 Å². The van der Waals surface area contributed by atoms with Gasteiger partial charge in [-0.1, -0.05) is 36.1 Å². The highest BCUT2D eigenvalue weighted by Gasteiger charge is 2.33. The molecule has 0 unspecified atom stereocenters. The highest BCUT2D eigenvalue weighted by atomic mass is 32.1. The van der Waals surface area contributed by atoms with E-state index in [-0.39, 0.29) is 17.7 Å². The quantitative estimate of drug-likeness (QED) is 0.316. The Hall–Kier alpha value is -3.98. The number of fused-ring (bicyclic) bond motifs is 1. The minimum Gasteiger partial charge on any atom is -0.465 e. The molecule has 168 valence electrons. The Labute approximate surface area is 192 Å². The van der Waals surface area contributed by atoms with Crippen LogP contribution in [0.15, 0.2) is 80.8 Å². The lowest BCUT2D eigenvalue weighted by Gasteiger charge is -2.24. The lowest BCUT2D eigenvalue weighted by atomic mass is 9.96. The molecule has 4 rings (SSSR count). The molecule has 3 heterocycles. The minimum absolute atomic E-state index is 0.0244. The van der Waals surface area contributed by atoms with Gasteiger partial charge in [0, 0.05) is 13.0 Å². The van der Waals surface area contributed by atoms with Crippen molar-refractivity contribution < 1.29 is 23.5 Å². The van der Waals surface area contributed by atoms with Gasteiger partial charge in [0.1, 0.15) is 18.1 Å². The van der Waals surface area contributed by atoms with Crippen LogP contribution in [0.4, 0.5) is 0 Å². The molecule has 0 saturated carbocycles. The van der Waals surface area contributed by atoms with Crippen LogP contribution in [0, 0.1) is 0 Å². The number of esters is 2. The second-order valence-corrected chi connectivity index (χ2v) is 8.16. The van der Waals surface area contributed by atoms with Crippen molar-refractivity contribution in [1.29, 1.82) is 0 Å². The van der Waals surface area contributed by atoms with Gasteiger partial charge in [-0.05, 0) is 36.8 Å². The van der Waals surface area contributed by atoms with Crippen LogP contribution in [-0.4, -0.2) is 23.1 Å². The molecule has 2 aromatic heterocycles. The van der Waals surface area contributed by atoms with Gasteiger partial charge in [-0.2, -0.15) is 0 Å². The Morgan fingerprint density at radius 3 is 2.67 bits per heavy atom. The molecule has 1 aliphatic rings. The summed E-state index contributed by atoms with van der Waals surface area (Å²) in [7, 11) is 0. The second-order valence-electron chi connectivity index (χ2n) is 7.15. The number of carbonyl (C=O) groups excluding carboxylic acids is 2. The van der Waals surface area contributed by atoms with E-state index >= 15 is 0 Å². The summed E-state index contributed by atoms with van der Waals surface area (Å²) in [6.45, 7) is 6.61. The van der Waals surface area contributed by atoms with Crippen LogP contribution in [0.1, 0.15) is 31.2 Å². The van der Waals surface area contributed by atoms with Crippen molar-refractivity contribution in [2.75, 3.05) is 6.61 Å². The van der Waals surface area contributed by atoms with Gasteiger partial charge in [0.05, 0.1) is 28.1 Å². The van der Waals surface area contributed by atoms with E-state index in [9.17, 15) is 14.4 Å². The molecular weight excluding hydrogens is 444 g/mol. The number of hydrogen-bond acceptors (Lipinski definition) is 8. The van der Waals surface area contributed by atoms with Crippen LogP contribution in [0.5, 0.6) is 5.75 Å². The smallest absolute Gasteiger partial charge is 0.338 e. The molecular formula is C24H20N2O6S. The van der Waals surface area contributed by atoms with Crippen molar-refractivity contribution in [3.05, 3.63) is 97.6 Å². The molecule has 8 nitrogen and oxygen atoms in total. The van der Waals surface area contributed by atoms with Crippen LogP contribution < -0.4 is 19.6 Å². The number of carbonyl (C=O) groups is 2. The van der Waals surface area contributed by atoms with Gasteiger partial charge in [-0.3, -0.25) is 14.2 Å². The number of allylic oxidation sites excluding steroid dienone is 1. The number of rotatable bonds is 6. The summed E-state index contributed by atoms with van der Waals surface area (Å²) in [5.74, 6) is -0.152. The molecule has 0 fully saturated rings. The molecule has 0 N–H and O–H groups in total. The number of thiazole rings is 1. The van der Waals surface area contributed by atoms with Gasteiger partial charge in [-0.25, -0.2) is 9.79 Å². The van der Waals surface area contributed by atoms with Crippen molar-refractivity contribution in [3.8, 4) is 5.75 Å². The molecule has 9 heteroatoms. The van der Waals surface area contributed by atoms with Crippen molar-refractivity contribution >= 4 is 29.4 Å². The third kappa shape index (κ3) is 4.49. The van der Waals surface area contributed by atoms with Crippen LogP contribution in [0.3, 0.4) is 0 Å². The van der Waals surface area contributed by atoms with Gasteiger partial charge in [0.2, 0.25) is 0 Å². The third-order valence-corrected chi connectivity index (χ3v) is 5.83. The first kappa shape index (κ1) is 22.2. The maximum atomic E-state index is 13.4. The van der Waals surface area contributed by atoms with Crippen LogP contribution >= 0.6 is 11.3 Å². The molecule has 1 aliphatic heterocycles. The Kier molecular flexibility index (Phi) is 6.23. The molecule has 3 aromatic rings. The average Bonchev–Trinajstić information content (AvgIpc) is 3.39. The first-order valence-electron chi connectivity index (χ1n) is 10.0. The summed E-state index contributed by atoms with van der Waals surface area (Å²) in [4.78, 5) is 42.6. The lowest BCUT2D eigenvalue weighted by molar-refractivity contribution is -0.138. The fourth-order valence-corrected chi connectivity index (χ4v) is 4.52. The number of hydrogen-bond donors (Lipinski definition) is 0. The SMILES string of the molecule is C=CCOC(=O)C1=C(C)N=c2s/c(=C\c3ccco3)c(=O)n2[C@H]1c1ccc(OC(C)=O)cc1. The molecule has 1 atom stereocenters. The summed E-state index contributed by atoms with van der Waals surface area (Å²) in [5, 5.41) is 0. The maximum Gasteiger partial charge on any atom is 0.338 e. The monoisotopic (exact) mass is 464 g/mol. The highest BCUT2D eigenvalue weighted by molar-refractivity contribution is 7.07. The van der Waals surface area contributed by atoms with Gasteiger partial charge >= 0.3 is 11.9 Å². The fourth-order valence-electron chi connectivity index (χ4n) is 3.50. The van der Waals surface area contributed by atoms with Crippen molar-refractivity contribution in [2.24, 2.45) is 4.99 Å². The molecule has 0 bridgehead atoms. The topological polar surface area (TPSA) is 100 Å². The Morgan fingerprint density at radius 2 is 2.03 bits per heavy atom. The van der Waals surface area contributed by atoms with E-state index in [4.69, 9.17) is 13.9 Å². The predicted octanol–water partition coefficient (Wildman–Crippen LogP) is 2.48. The first-order chi connectivity index (χ1) is 15.9.